The van der Waals surface area contributed by atoms with E-state index in [9.17, 15) is 4.79 Å². The summed E-state index contributed by atoms with van der Waals surface area (Å²) in [7, 11) is 0. The van der Waals surface area contributed by atoms with Crippen LogP contribution in [0.15, 0.2) is 30.3 Å². The van der Waals surface area contributed by atoms with E-state index in [2.05, 4.69) is 24.3 Å². The molecule has 0 N–H and O–H groups in total. The fourth-order valence-electron chi connectivity index (χ4n) is 2.07. The summed E-state index contributed by atoms with van der Waals surface area (Å²) in [6, 6.07) is 10.4. The third-order valence-corrected chi connectivity index (χ3v) is 2.93. The van der Waals surface area contributed by atoms with Crippen molar-refractivity contribution in [2.75, 3.05) is 0 Å². The highest BCUT2D eigenvalue weighted by atomic mass is 16.1. The minimum atomic E-state index is 0.311. The Morgan fingerprint density at radius 3 is 2.50 bits per heavy atom. The van der Waals surface area contributed by atoms with Crippen molar-refractivity contribution in [3.8, 4) is 0 Å². The Kier molecular flexibility index (Phi) is 2.67. The highest BCUT2D eigenvalue weighted by Gasteiger charge is 2.32. The van der Waals surface area contributed by atoms with Gasteiger partial charge in [-0.05, 0) is 37.2 Å². The van der Waals surface area contributed by atoms with Gasteiger partial charge < -0.3 is 4.79 Å². The average Bonchev–Trinajstić information content (AvgIpc) is 2.99. The normalized spacial score (nSPS) is 17.8. The second-order valence-electron chi connectivity index (χ2n) is 4.26. The zero-order valence-electron chi connectivity index (χ0n) is 8.57. The summed E-state index contributed by atoms with van der Waals surface area (Å²) in [6.07, 6.45) is 3.31. The number of hydrogen-bond acceptors (Lipinski definition) is 1. The predicted octanol–water partition coefficient (Wildman–Crippen LogP) is 3.16. The lowest BCUT2D eigenvalue weighted by molar-refractivity contribution is -0.117. The molecule has 0 aromatic heterocycles. The number of rotatable bonds is 4. The highest BCUT2D eigenvalue weighted by Crippen LogP contribution is 2.44. The molecule has 1 saturated carbocycles. The van der Waals surface area contributed by atoms with Gasteiger partial charge in [-0.3, -0.25) is 0 Å². The highest BCUT2D eigenvalue weighted by molar-refractivity contribution is 5.76. The predicted molar refractivity (Wildman–Crippen MR) is 57.2 cm³/mol. The summed E-state index contributed by atoms with van der Waals surface area (Å²) in [5.41, 5.74) is 1.34. The second-order valence-corrected chi connectivity index (χ2v) is 4.26. The van der Waals surface area contributed by atoms with Gasteiger partial charge in [0.1, 0.15) is 5.78 Å². The van der Waals surface area contributed by atoms with Crippen molar-refractivity contribution in [1.82, 2.24) is 0 Å². The molecular weight excluding hydrogens is 172 g/mol. The van der Waals surface area contributed by atoms with E-state index in [4.69, 9.17) is 0 Å². The summed E-state index contributed by atoms with van der Waals surface area (Å²) in [5, 5.41) is 0. The Hall–Kier alpha value is -1.11. The van der Waals surface area contributed by atoms with Crippen molar-refractivity contribution in [3.05, 3.63) is 35.9 Å². The van der Waals surface area contributed by atoms with Gasteiger partial charge in [0.25, 0.3) is 0 Å². The molecule has 0 aliphatic heterocycles. The van der Waals surface area contributed by atoms with Crippen LogP contribution in [-0.4, -0.2) is 5.78 Å². The van der Waals surface area contributed by atoms with Crippen molar-refractivity contribution < 1.29 is 4.79 Å². The van der Waals surface area contributed by atoms with Gasteiger partial charge >= 0.3 is 0 Å². The molecule has 0 spiro atoms. The van der Waals surface area contributed by atoms with Gasteiger partial charge in [-0.1, -0.05) is 30.3 Å². The maximum Gasteiger partial charge on any atom is 0.130 e. The largest absolute Gasteiger partial charge is 0.300 e. The molecule has 0 saturated heterocycles. The van der Waals surface area contributed by atoms with Gasteiger partial charge in [0.05, 0.1) is 0 Å². The molecule has 1 heteroatoms. The molecule has 14 heavy (non-hydrogen) atoms. The van der Waals surface area contributed by atoms with Crippen LogP contribution in [0.4, 0.5) is 0 Å². The van der Waals surface area contributed by atoms with Crippen molar-refractivity contribution in [2.24, 2.45) is 5.92 Å². The molecule has 1 nitrogen and oxygen atoms in total. The van der Waals surface area contributed by atoms with Gasteiger partial charge in [0.15, 0.2) is 0 Å². The quantitative estimate of drug-likeness (QED) is 0.709. The topological polar surface area (TPSA) is 17.1 Å². The lowest BCUT2D eigenvalue weighted by Crippen LogP contribution is -2.06. The van der Waals surface area contributed by atoms with E-state index >= 15 is 0 Å². The summed E-state index contributed by atoms with van der Waals surface area (Å²) >= 11 is 0. The molecule has 0 heterocycles. The van der Waals surface area contributed by atoms with Gasteiger partial charge in [0, 0.05) is 6.42 Å². The van der Waals surface area contributed by atoms with Crippen LogP contribution in [0.1, 0.15) is 37.7 Å². The molecule has 1 aliphatic rings. The molecular formula is C13H16O. The monoisotopic (exact) mass is 188 g/mol. The van der Waals surface area contributed by atoms with Crippen LogP contribution >= 0.6 is 0 Å². The number of hydrogen-bond donors (Lipinski definition) is 0. The summed E-state index contributed by atoms with van der Waals surface area (Å²) in [4.78, 5) is 11.2. The van der Waals surface area contributed by atoms with Crippen LogP contribution in [-0.2, 0) is 4.79 Å². The van der Waals surface area contributed by atoms with Gasteiger partial charge in [0.2, 0.25) is 0 Å². The Balaban J connectivity index is 2.14. The molecule has 1 aromatic rings. The Bertz CT molecular complexity index is 311. The van der Waals surface area contributed by atoms with E-state index in [1.807, 2.05) is 6.07 Å². The minimum absolute atomic E-state index is 0.311. The first-order valence-corrected chi connectivity index (χ1v) is 5.32. The molecule has 0 radical (unpaired) electrons. The van der Waals surface area contributed by atoms with E-state index in [1.165, 1.54) is 18.4 Å². The standard InChI is InChI=1S/C13H16O/c1-10(14)9-13(12-7-8-12)11-5-3-2-4-6-11/h2-6,12-13H,7-9H2,1H3. The number of carbonyl (C=O) groups excluding carboxylic acids is 1. The fraction of sp³-hybridized carbons (Fsp3) is 0.462. The van der Waals surface area contributed by atoms with Crippen LogP contribution in [0.5, 0.6) is 0 Å². The smallest absolute Gasteiger partial charge is 0.130 e. The molecule has 2 rings (SSSR count). The van der Waals surface area contributed by atoms with Crippen LogP contribution < -0.4 is 0 Å². The molecule has 74 valence electrons. The van der Waals surface area contributed by atoms with E-state index in [1.54, 1.807) is 6.92 Å². The Labute approximate surface area is 85.1 Å². The van der Waals surface area contributed by atoms with E-state index in [0.717, 1.165) is 5.92 Å². The SMILES string of the molecule is CC(=O)CC(c1ccccc1)C1CC1. The maximum atomic E-state index is 11.2. The van der Waals surface area contributed by atoms with Crippen molar-refractivity contribution >= 4 is 5.78 Å². The first-order chi connectivity index (χ1) is 6.77. The van der Waals surface area contributed by atoms with Crippen LogP contribution in [0.3, 0.4) is 0 Å². The lowest BCUT2D eigenvalue weighted by atomic mass is 9.90. The van der Waals surface area contributed by atoms with Crippen molar-refractivity contribution in [2.45, 2.75) is 32.1 Å². The zero-order valence-corrected chi connectivity index (χ0v) is 8.57. The van der Waals surface area contributed by atoms with Crippen molar-refractivity contribution in [3.63, 3.8) is 0 Å². The van der Waals surface area contributed by atoms with Crippen LogP contribution in [0.2, 0.25) is 0 Å². The van der Waals surface area contributed by atoms with E-state index < -0.39 is 0 Å². The van der Waals surface area contributed by atoms with Crippen LogP contribution in [0.25, 0.3) is 0 Å². The Morgan fingerprint density at radius 1 is 1.36 bits per heavy atom. The number of ketones is 1. The molecule has 1 unspecified atom stereocenters. The molecule has 1 atom stereocenters. The van der Waals surface area contributed by atoms with Crippen molar-refractivity contribution in [1.29, 1.82) is 0 Å². The zero-order chi connectivity index (χ0) is 9.97. The third-order valence-electron chi connectivity index (χ3n) is 2.93. The van der Waals surface area contributed by atoms with Gasteiger partial charge in [-0.2, -0.15) is 0 Å². The molecule has 0 bridgehead atoms. The number of carbonyl (C=O) groups is 1. The maximum absolute atomic E-state index is 11.2. The molecule has 1 aromatic carbocycles. The fourth-order valence-corrected chi connectivity index (χ4v) is 2.07. The molecule has 0 amide bonds. The van der Waals surface area contributed by atoms with E-state index in [-0.39, 0.29) is 0 Å². The first kappa shape index (κ1) is 9.45. The number of Topliss-reactive ketones (excluding diaryl/α,β-unsaturated/α-hetero) is 1. The lowest BCUT2D eigenvalue weighted by Gasteiger charge is -2.14. The molecule has 1 aliphatic carbocycles. The minimum Gasteiger partial charge on any atom is -0.300 e. The first-order valence-electron chi connectivity index (χ1n) is 5.32. The summed E-state index contributed by atoms with van der Waals surface area (Å²) in [6.45, 7) is 1.69. The summed E-state index contributed by atoms with van der Waals surface area (Å²) in [5.74, 6) is 1.56. The second kappa shape index (κ2) is 3.95. The molecule has 1 fully saturated rings. The van der Waals surface area contributed by atoms with Gasteiger partial charge in [-0.25, -0.2) is 0 Å². The van der Waals surface area contributed by atoms with E-state index in [0.29, 0.717) is 18.1 Å². The van der Waals surface area contributed by atoms with Gasteiger partial charge in [-0.15, -0.1) is 0 Å². The third kappa shape index (κ3) is 2.22. The Morgan fingerprint density at radius 2 is 2.00 bits per heavy atom. The van der Waals surface area contributed by atoms with Crippen LogP contribution in [0, 0.1) is 5.92 Å². The number of benzene rings is 1. The average molecular weight is 188 g/mol. The summed E-state index contributed by atoms with van der Waals surface area (Å²) < 4.78 is 0.